The molecule has 1 aliphatic rings. The van der Waals surface area contributed by atoms with E-state index >= 15 is 0 Å². The molecule has 2 aromatic carbocycles. The number of nitrogens with one attached hydrogen (secondary N) is 1. The van der Waals surface area contributed by atoms with Crippen LogP contribution < -0.4 is 10.1 Å². The highest BCUT2D eigenvalue weighted by molar-refractivity contribution is 7.20. The summed E-state index contributed by atoms with van der Waals surface area (Å²) in [7, 11) is 1.64. The minimum atomic E-state index is -0.197. The number of pyridine rings is 1. The quantitative estimate of drug-likeness (QED) is 0.348. The number of carbonyl (C=O) groups excluding carboxylic acids is 1. The van der Waals surface area contributed by atoms with Gasteiger partial charge in [0, 0.05) is 22.2 Å². The molecule has 0 unspecified atom stereocenters. The van der Waals surface area contributed by atoms with Gasteiger partial charge in [-0.15, -0.1) is 0 Å². The van der Waals surface area contributed by atoms with E-state index in [1.54, 1.807) is 17.9 Å². The van der Waals surface area contributed by atoms with Gasteiger partial charge in [0.05, 0.1) is 34.1 Å². The molecule has 3 aromatic heterocycles. The fourth-order valence-electron chi connectivity index (χ4n) is 4.52. The topological polar surface area (TPSA) is 81.9 Å². The van der Waals surface area contributed by atoms with E-state index in [0.717, 1.165) is 63.1 Å². The number of amides is 1. The fraction of sp³-hybridized carbons (Fsp3) is 0.200. The molecule has 0 spiro atoms. The maximum Gasteiger partial charge on any atom is 0.257 e. The lowest BCUT2D eigenvalue weighted by Crippen LogP contribution is -2.18. The smallest absolute Gasteiger partial charge is 0.257 e. The van der Waals surface area contributed by atoms with Crippen LogP contribution in [0.3, 0.4) is 0 Å². The molecule has 0 aliphatic heterocycles. The van der Waals surface area contributed by atoms with Gasteiger partial charge in [0.2, 0.25) is 5.13 Å². The maximum absolute atomic E-state index is 13.7. The van der Waals surface area contributed by atoms with Gasteiger partial charge in [-0.25, -0.2) is 4.98 Å². The average Bonchev–Trinajstić information content (AvgIpc) is 3.54. The normalized spacial score (nSPS) is 12.9. The Hall–Kier alpha value is -3.49. The van der Waals surface area contributed by atoms with Crippen LogP contribution in [-0.4, -0.2) is 32.8 Å². The number of aryl methyl sites for hydroxylation is 2. The van der Waals surface area contributed by atoms with Crippen molar-refractivity contribution in [1.82, 2.24) is 19.7 Å². The first-order chi connectivity index (χ1) is 16.5. The van der Waals surface area contributed by atoms with Crippen LogP contribution in [0.15, 0.2) is 42.5 Å². The summed E-state index contributed by atoms with van der Waals surface area (Å²) in [5, 5.41) is 9.69. The number of hydrogen-bond donors (Lipinski definition) is 1. The van der Waals surface area contributed by atoms with E-state index in [9.17, 15) is 4.79 Å². The third-order valence-corrected chi connectivity index (χ3v) is 7.27. The van der Waals surface area contributed by atoms with Gasteiger partial charge in [0.15, 0.2) is 0 Å². The van der Waals surface area contributed by atoms with E-state index in [1.807, 2.05) is 43.3 Å². The first-order valence-electron chi connectivity index (χ1n) is 10.9. The lowest BCUT2D eigenvalue weighted by Gasteiger charge is -2.13. The second-order valence-electron chi connectivity index (χ2n) is 8.29. The molecule has 0 atom stereocenters. The summed E-state index contributed by atoms with van der Waals surface area (Å²) < 4.78 is 7.99. The molecule has 7 nitrogen and oxygen atoms in total. The van der Waals surface area contributed by atoms with Gasteiger partial charge in [-0.2, -0.15) is 9.78 Å². The van der Waals surface area contributed by atoms with Gasteiger partial charge in [0.25, 0.3) is 5.91 Å². The standard InChI is InChI=1S/C25H20ClN5O2S/c1-13-10-22(31(30-13)25-28-20-9-7-15(33-2)12-21(20)34-25)29-24(32)23-16-4-3-5-18(16)27-19-8-6-14(26)11-17(19)23/h6-12H,3-5H2,1-2H3,(H,29,32). The van der Waals surface area contributed by atoms with Gasteiger partial charge in [-0.1, -0.05) is 22.9 Å². The molecule has 3 heterocycles. The lowest BCUT2D eigenvalue weighted by atomic mass is 10.0. The van der Waals surface area contributed by atoms with E-state index in [0.29, 0.717) is 21.5 Å². The molecule has 5 aromatic rings. The number of hydrogen-bond acceptors (Lipinski definition) is 6. The summed E-state index contributed by atoms with van der Waals surface area (Å²) in [5.41, 5.74) is 5.03. The van der Waals surface area contributed by atoms with Crippen LogP contribution in [0.25, 0.3) is 26.3 Å². The number of thiazole rings is 1. The number of ether oxygens (including phenoxy) is 1. The van der Waals surface area contributed by atoms with Crippen molar-refractivity contribution in [2.24, 2.45) is 0 Å². The molecule has 1 amide bonds. The summed E-state index contributed by atoms with van der Waals surface area (Å²) in [4.78, 5) is 23.2. The molecular formula is C25H20ClN5O2S. The van der Waals surface area contributed by atoms with E-state index in [4.69, 9.17) is 26.3 Å². The Morgan fingerprint density at radius 2 is 1.97 bits per heavy atom. The second kappa shape index (κ2) is 8.07. The van der Waals surface area contributed by atoms with Crippen molar-refractivity contribution in [3.05, 3.63) is 70.0 Å². The molecular weight excluding hydrogens is 470 g/mol. The van der Waals surface area contributed by atoms with Crippen molar-refractivity contribution in [2.75, 3.05) is 12.4 Å². The zero-order valence-corrected chi connectivity index (χ0v) is 20.1. The van der Waals surface area contributed by atoms with Crippen LogP contribution in [0, 0.1) is 6.92 Å². The van der Waals surface area contributed by atoms with Gasteiger partial charge >= 0.3 is 0 Å². The van der Waals surface area contributed by atoms with Crippen molar-refractivity contribution in [3.63, 3.8) is 0 Å². The van der Waals surface area contributed by atoms with Gasteiger partial charge in [-0.3, -0.25) is 9.78 Å². The Balaban J connectivity index is 1.43. The SMILES string of the molecule is COc1ccc2nc(-n3nc(C)cc3NC(=O)c3c4c(nc5ccc(Cl)cc35)CCC4)sc2c1. The summed E-state index contributed by atoms with van der Waals surface area (Å²) in [5.74, 6) is 1.13. The Morgan fingerprint density at radius 1 is 1.12 bits per heavy atom. The molecule has 0 bridgehead atoms. The largest absolute Gasteiger partial charge is 0.497 e. The summed E-state index contributed by atoms with van der Waals surface area (Å²) in [6.45, 7) is 1.89. The van der Waals surface area contributed by atoms with Gasteiger partial charge in [-0.05, 0) is 68.1 Å². The van der Waals surface area contributed by atoms with E-state index in [1.165, 1.54) is 11.3 Å². The molecule has 1 aliphatic carbocycles. The molecule has 0 radical (unpaired) electrons. The van der Waals surface area contributed by atoms with E-state index < -0.39 is 0 Å². The summed E-state index contributed by atoms with van der Waals surface area (Å²) in [6.07, 6.45) is 2.69. The number of methoxy groups -OCH3 is 1. The number of benzene rings is 2. The number of aromatic nitrogens is 4. The number of anilines is 1. The van der Waals surface area contributed by atoms with Crippen molar-refractivity contribution in [1.29, 1.82) is 0 Å². The third-order valence-electron chi connectivity index (χ3n) is 6.04. The highest BCUT2D eigenvalue weighted by Gasteiger charge is 2.25. The van der Waals surface area contributed by atoms with Crippen LogP contribution in [0.5, 0.6) is 5.75 Å². The monoisotopic (exact) mass is 489 g/mol. The zero-order valence-electron chi connectivity index (χ0n) is 18.6. The number of rotatable bonds is 4. The van der Waals surface area contributed by atoms with Crippen molar-refractivity contribution in [3.8, 4) is 10.9 Å². The number of nitrogens with zero attached hydrogens (tertiary/aromatic N) is 4. The molecule has 1 N–H and O–H groups in total. The summed E-state index contributed by atoms with van der Waals surface area (Å²) >= 11 is 7.77. The highest BCUT2D eigenvalue weighted by Crippen LogP contribution is 2.33. The lowest BCUT2D eigenvalue weighted by molar-refractivity contribution is 0.102. The molecule has 9 heteroatoms. The Morgan fingerprint density at radius 3 is 2.82 bits per heavy atom. The van der Waals surface area contributed by atoms with Crippen LogP contribution >= 0.6 is 22.9 Å². The zero-order chi connectivity index (χ0) is 23.4. The number of fused-ring (bicyclic) bond motifs is 3. The van der Waals surface area contributed by atoms with Gasteiger partial charge in [0.1, 0.15) is 11.6 Å². The fourth-order valence-corrected chi connectivity index (χ4v) is 5.65. The highest BCUT2D eigenvalue weighted by atomic mass is 35.5. The number of halogens is 1. The first-order valence-corrected chi connectivity index (χ1v) is 12.1. The maximum atomic E-state index is 13.7. The van der Waals surface area contributed by atoms with Crippen molar-refractivity contribution in [2.45, 2.75) is 26.2 Å². The molecule has 34 heavy (non-hydrogen) atoms. The van der Waals surface area contributed by atoms with Crippen LogP contribution in [0.4, 0.5) is 5.82 Å². The minimum Gasteiger partial charge on any atom is -0.497 e. The third kappa shape index (κ3) is 3.50. The molecule has 6 rings (SSSR count). The molecule has 0 saturated heterocycles. The van der Waals surface area contributed by atoms with E-state index in [-0.39, 0.29) is 5.91 Å². The first kappa shape index (κ1) is 21.1. The average molecular weight is 490 g/mol. The molecule has 170 valence electrons. The Kier molecular flexibility index (Phi) is 5.00. The molecule has 0 fully saturated rings. The van der Waals surface area contributed by atoms with Crippen LogP contribution in [0.1, 0.15) is 33.7 Å². The van der Waals surface area contributed by atoms with Crippen LogP contribution in [-0.2, 0) is 12.8 Å². The van der Waals surface area contributed by atoms with E-state index in [2.05, 4.69) is 10.4 Å². The van der Waals surface area contributed by atoms with Gasteiger partial charge < -0.3 is 10.1 Å². The van der Waals surface area contributed by atoms with Crippen molar-refractivity contribution < 1.29 is 9.53 Å². The Bertz CT molecular complexity index is 1610. The summed E-state index contributed by atoms with van der Waals surface area (Å²) in [6, 6.07) is 13.1. The molecule has 0 saturated carbocycles. The predicted molar refractivity (Wildman–Crippen MR) is 135 cm³/mol. The van der Waals surface area contributed by atoms with Crippen LogP contribution in [0.2, 0.25) is 5.02 Å². The number of carbonyl (C=O) groups is 1. The van der Waals surface area contributed by atoms with Crippen molar-refractivity contribution >= 4 is 55.8 Å². The predicted octanol–water partition coefficient (Wildman–Crippen LogP) is 5.74. The second-order valence-corrected chi connectivity index (χ2v) is 9.74. The Labute approximate surface area is 204 Å². The minimum absolute atomic E-state index is 0.197.